The Kier molecular flexibility index (Phi) is 2.75. The molecule has 3 nitrogen and oxygen atoms in total. The van der Waals surface area contributed by atoms with E-state index in [-0.39, 0.29) is 5.78 Å². The number of allylic oxidation sites excluding steroid dienone is 1. The van der Waals surface area contributed by atoms with Gasteiger partial charge in [-0.1, -0.05) is 18.2 Å². The predicted octanol–water partition coefficient (Wildman–Crippen LogP) is 3.36. The largest absolute Gasteiger partial charge is 0.515 e. The highest BCUT2D eigenvalue weighted by Crippen LogP contribution is 2.30. The van der Waals surface area contributed by atoms with Crippen LogP contribution in [0.5, 0.6) is 0 Å². The zero-order valence-electron chi connectivity index (χ0n) is 10.8. The number of hydrogen-bond acceptors (Lipinski definition) is 2. The molecule has 96 valence electrons. The standard InChI is InChI=1S/C16H15NO2/c1-11-9-14-15(8-7-12(10-18)16(14)19)17(11)13-5-3-2-4-6-13/h2-6,9-10,18H,7-8H2,1H3/b12-10+. The molecule has 0 saturated heterocycles. The van der Waals surface area contributed by atoms with Gasteiger partial charge in [-0.05, 0) is 38.0 Å². The number of carbonyl (C=O) groups excluding carboxylic acids is 1. The lowest BCUT2D eigenvalue weighted by Gasteiger charge is -2.17. The van der Waals surface area contributed by atoms with Gasteiger partial charge in [0.15, 0.2) is 5.78 Å². The van der Waals surface area contributed by atoms with Gasteiger partial charge in [-0.25, -0.2) is 0 Å². The predicted molar refractivity (Wildman–Crippen MR) is 73.9 cm³/mol. The number of aryl methyl sites for hydroxylation is 1. The van der Waals surface area contributed by atoms with Gasteiger partial charge in [0.25, 0.3) is 0 Å². The minimum absolute atomic E-state index is 0.0541. The van der Waals surface area contributed by atoms with E-state index >= 15 is 0 Å². The van der Waals surface area contributed by atoms with E-state index in [2.05, 4.69) is 4.57 Å². The second-order valence-electron chi connectivity index (χ2n) is 4.80. The molecule has 19 heavy (non-hydrogen) atoms. The molecule has 0 fully saturated rings. The normalized spacial score (nSPS) is 16.7. The van der Waals surface area contributed by atoms with Gasteiger partial charge in [0.1, 0.15) is 0 Å². The number of nitrogens with zero attached hydrogens (tertiary/aromatic N) is 1. The molecular formula is C16H15NO2. The number of aliphatic hydroxyl groups is 1. The van der Waals surface area contributed by atoms with E-state index in [1.807, 2.05) is 43.3 Å². The number of rotatable bonds is 1. The molecule has 1 heterocycles. The van der Waals surface area contributed by atoms with Crippen molar-refractivity contribution in [3.63, 3.8) is 0 Å². The fraction of sp³-hybridized carbons (Fsp3) is 0.188. The first-order chi connectivity index (χ1) is 9.22. The second-order valence-corrected chi connectivity index (χ2v) is 4.80. The monoisotopic (exact) mass is 253 g/mol. The highest BCUT2D eigenvalue weighted by atomic mass is 16.2. The van der Waals surface area contributed by atoms with Gasteiger partial charge in [-0.2, -0.15) is 0 Å². The maximum atomic E-state index is 12.2. The summed E-state index contributed by atoms with van der Waals surface area (Å²) >= 11 is 0. The van der Waals surface area contributed by atoms with E-state index in [1.54, 1.807) is 0 Å². The summed E-state index contributed by atoms with van der Waals surface area (Å²) in [7, 11) is 0. The van der Waals surface area contributed by atoms with Crippen LogP contribution in [0.25, 0.3) is 5.69 Å². The zero-order chi connectivity index (χ0) is 13.4. The summed E-state index contributed by atoms with van der Waals surface area (Å²) in [6.45, 7) is 2.00. The van der Waals surface area contributed by atoms with Crippen molar-refractivity contribution in [2.75, 3.05) is 0 Å². The van der Waals surface area contributed by atoms with Crippen molar-refractivity contribution in [2.24, 2.45) is 0 Å². The van der Waals surface area contributed by atoms with Crippen molar-refractivity contribution in [3.05, 3.63) is 65.2 Å². The van der Waals surface area contributed by atoms with Crippen LogP contribution < -0.4 is 0 Å². The van der Waals surface area contributed by atoms with E-state index in [0.717, 1.165) is 29.8 Å². The molecule has 0 atom stereocenters. The van der Waals surface area contributed by atoms with E-state index in [0.29, 0.717) is 17.6 Å². The topological polar surface area (TPSA) is 42.2 Å². The summed E-state index contributed by atoms with van der Waals surface area (Å²) < 4.78 is 2.13. The number of aliphatic hydroxyl groups excluding tert-OH is 1. The molecular weight excluding hydrogens is 238 g/mol. The number of aromatic nitrogens is 1. The third-order valence-corrected chi connectivity index (χ3v) is 3.62. The third kappa shape index (κ3) is 1.78. The molecule has 0 amide bonds. The summed E-state index contributed by atoms with van der Waals surface area (Å²) in [5.41, 5.74) is 4.37. The van der Waals surface area contributed by atoms with E-state index in [1.165, 1.54) is 0 Å². The summed E-state index contributed by atoms with van der Waals surface area (Å²) in [5.74, 6) is -0.0541. The van der Waals surface area contributed by atoms with Gasteiger partial charge in [-0.15, -0.1) is 0 Å². The van der Waals surface area contributed by atoms with Crippen LogP contribution in [-0.2, 0) is 6.42 Å². The van der Waals surface area contributed by atoms with Crippen LogP contribution in [0.3, 0.4) is 0 Å². The molecule has 0 bridgehead atoms. The molecule has 0 spiro atoms. The van der Waals surface area contributed by atoms with Crippen molar-refractivity contribution in [1.82, 2.24) is 4.57 Å². The van der Waals surface area contributed by atoms with Crippen molar-refractivity contribution in [3.8, 4) is 5.69 Å². The molecule has 1 aliphatic rings. The maximum Gasteiger partial charge on any atom is 0.193 e. The third-order valence-electron chi connectivity index (χ3n) is 3.62. The smallest absolute Gasteiger partial charge is 0.193 e. The van der Waals surface area contributed by atoms with Crippen molar-refractivity contribution in [1.29, 1.82) is 0 Å². The highest BCUT2D eigenvalue weighted by molar-refractivity contribution is 6.10. The van der Waals surface area contributed by atoms with Crippen LogP contribution in [0.4, 0.5) is 0 Å². The molecule has 1 aromatic heterocycles. The Morgan fingerprint density at radius 1 is 1.21 bits per heavy atom. The Morgan fingerprint density at radius 3 is 2.63 bits per heavy atom. The maximum absolute atomic E-state index is 12.2. The van der Waals surface area contributed by atoms with Crippen LogP contribution in [-0.4, -0.2) is 15.5 Å². The molecule has 0 aliphatic heterocycles. The lowest BCUT2D eigenvalue weighted by Crippen LogP contribution is -2.15. The molecule has 2 aromatic rings. The lowest BCUT2D eigenvalue weighted by molar-refractivity contribution is 0.102. The van der Waals surface area contributed by atoms with E-state index in [9.17, 15) is 4.79 Å². The summed E-state index contributed by atoms with van der Waals surface area (Å²) in [6.07, 6.45) is 2.31. The fourth-order valence-electron chi connectivity index (χ4n) is 2.73. The van der Waals surface area contributed by atoms with Gasteiger partial charge in [-0.3, -0.25) is 4.79 Å². The lowest BCUT2D eigenvalue weighted by atomic mass is 9.92. The minimum atomic E-state index is -0.0541. The average Bonchev–Trinajstić information content (AvgIpc) is 2.77. The van der Waals surface area contributed by atoms with Crippen LogP contribution in [0.1, 0.15) is 28.2 Å². The number of para-hydroxylation sites is 1. The van der Waals surface area contributed by atoms with Gasteiger partial charge in [0.05, 0.1) is 6.26 Å². The number of Topliss-reactive ketones (excluding diaryl/α,β-unsaturated/α-hetero) is 1. The molecule has 0 radical (unpaired) electrons. The van der Waals surface area contributed by atoms with Crippen molar-refractivity contribution >= 4 is 5.78 Å². The van der Waals surface area contributed by atoms with Crippen LogP contribution >= 0.6 is 0 Å². The number of ketones is 1. The van der Waals surface area contributed by atoms with Gasteiger partial charge >= 0.3 is 0 Å². The molecule has 1 N–H and O–H groups in total. The first kappa shape index (κ1) is 11.8. The van der Waals surface area contributed by atoms with E-state index in [4.69, 9.17) is 5.11 Å². The summed E-state index contributed by atoms with van der Waals surface area (Å²) in [6, 6.07) is 11.9. The second kappa shape index (κ2) is 4.43. The molecule has 0 unspecified atom stereocenters. The highest BCUT2D eigenvalue weighted by Gasteiger charge is 2.26. The Hall–Kier alpha value is -2.29. The fourth-order valence-corrected chi connectivity index (χ4v) is 2.73. The Bertz CT molecular complexity index is 666. The first-order valence-corrected chi connectivity index (χ1v) is 6.37. The number of carbonyl (C=O) groups is 1. The minimum Gasteiger partial charge on any atom is -0.515 e. The molecule has 1 aliphatic carbocycles. The number of fused-ring (bicyclic) bond motifs is 1. The van der Waals surface area contributed by atoms with Crippen LogP contribution in [0, 0.1) is 6.92 Å². The van der Waals surface area contributed by atoms with Gasteiger partial charge in [0, 0.05) is 28.2 Å². The van der Waals surface area contributed by atoms with Crippen molar-refractivity contribution < 1.29 is 9.90 Å². The zero-order valence-corrected chi connectivity index (χ0v) is 10.8. The SMILES string of the molecule is Cc1cc2c(n1-c1ccccc1)CC/C(=C\O)C2=O. The van der Waals surface area contributed by atoms with Crippen LogP contribution in [0.15, 0.2) is 48.2 Å². The molecule has 3 heteroatoms. The molecule has 0 saturated carbocycles. The Balaban J connectivity index is 2.18. The quantitative estimate of drug-likeness (QED) is 0.625. The summed E-state index contributed by atoms with van der Waals surface area (Å²) in [4.78, 5) is 12.2. The first-order valence-electron chi connectivity index (χ1n) is 6.37. The molecule has 1 aromatic carbocycles. The van der Waals surface area contributed by atoms with Gasteiger partial charge in [0.2, 0.25) is 0 Å². The van der Waals surface area contributed by atoms with Crippen molar-refractivity contribution in [2.45, 2.75) is 19.8 Å². The Labute approximate surface area is 111 Å². The molecule has 3 rings (SSSR count). The average molecular weight is 253 g/mol. The van der Waals surface area contributed by atoms with Gasteiger partial charge < -0.3 is 9.67 Å². The number of hydrogen-bond donors (Lipinski definition) is 1. The number of benzene rings is 1. The summed E-state index contributed by atoms with van der Waals surface area (Å²) in [5, 5.41) is 9.09. The van der Waals surface area contributed by atoms with E-state index < -0.39 is 0 Å². The van der Waals surface area contributed by atoms with Crippen LogP contribution in [0.2, 0.25) is 0 Å². The Morgan fingerprint density at radius 2 is 1.95 bits per heavy atom.